The molecule has 0 nitrogen and oxygen atoms in total. The van der Waals surface area contributed by atoms with Gasteiger partial charge in [0.2, 0.25) is 0 Å². The van der Waals surface area contributed by atoms with Crippen molar-refractivity contribution >= 4 is 26.9 Å². The van der Waals surface area contributed by atoms with Crippen LogP contribution in [0.3, 0.4) is 0 Å². The monoisotopic (exact) mass is 631 g/mol. The van der Waals surface area contributed by atoms with Crippen LogP contribution in [0, 0.1) is 0 Å². The van der Waals surface area contributed by atoms with Crippen molar-refractivity contribution in [1.82, 2.24) is 0 Å². The fraction of sp³-hybridized carbons (Fsp3) is 0.444. The quantitative estimate of drug-likeness (QED) is 0.195. The van der Waals surface area contributed by atoms with E-state index in [-0.39, 0.29) is 0 Å². The SMILES string of the molecule is CCC[CH2][Nb]([CH2]CCC)([CH]1c2ccccc2-c2c1ccc1ccccc21)[C]1([Si](C)(C)C)C=CC([Si](C)(C)C)=C1. The molecule has 0 aromatic heterocycles. The van der Waals surface area contributed by atoms with Gasteiger partial charge in [0, 0.05) is 0 Å². The Morgan fingerprint density at radius 2 is 1.38 bits per heavy atom. The number of hydrogen-bond acceptors (Lipinski definition) is 0. The van der Waals surface area contributed by atoms with E-state index in [1.54, 1.807) is 21.9 Å². The predicted octanol–water partition coefficient (Wildman–Crippen LogP) is 11.9. The van der Waals surface area contributed by atoms with Crippen LogP contribution in [0.5, 0.6) is 0 Å². The predicted molar refractivity (Wildman–Crippen MR) is 177 cm³/mol. The summed E-state index contributed by atoms with van der Waals surface area (Å²) in [5.74, 6) is 0. The van der Waals surface area contributed by atoms with E-state index in [9.17, 15) is 0 Å². The van der Waals surface area contributed by atoms with Crippen LogP contribution in [0.4, 0.5) is 0 Å². The Balaban J connectivity index is 1.89. The Morgan fingerprint density at radius 1 is 0.744 bits per heavy atom. The molecule has 0 heterocycles. The van der Waals surface area contributed by atoms with Gasteiger partial charge in [-0.25, -0.2) is 0 Å². The third kappa shape index (κ3) is 4.69. The summed E-state index contributed by atoms with van der Waals surface area (Å²) in [6.45, 7) is 20.7. The maximum absolute atomic E-state index is 3.02. The van der Waals surface area contributed by atoms with Gasteiger partial charge in [0.05, 0.1) is 0 Å². The van der Waals surface area contributed by atoms with Gasteiger partial charge in [-0.15, -0.1) is 0 Å². The maximum atomic E-state index is 2.96. The van der Waals surface area contributed by atoms with Gasteiger partial charge in [0.25, 0.3) is 0 Å². The van der Waals surface area contributed by atoms with E-state index in [1.807, 2.05) is 0 Å². The second-order valence-corrected chi connectivity index (χ2v) is 36.0. The van der Waals surface area contributed by atoms with Crippen molar-refractivity contribution in [3.05, 3.63) is 95.2 Å². The average Bonchev–Trinajstić information content (AvgIpc) is 3.51. The molecule has 0 spiro atoms. The first-order valence-corrected chi connectivity index (χ1v) is 27.9. The summed E-state index contributed by atoms with van der Waals surface area (Å²) in [5.41, 5.74) is 6.43. The number of fused-ring (bicyclic) bond motifs is 5. The molecule has 0 saturated heterocycles. The van der Waals surface area contributed by atoms with Crippen molar-refractivity contribution < 1.29 is 17.1 Å². The number of rotatable bonds is 10. The first kappa shape index (κ1) is 29.1. The third-order valence-electron chi connectivity index (χ3n) is 9.79. The van der Waals surface area contributed by atoms with Crippen molar-refractivity contribution in [2.24, 2.45) is 0 Å². The van der Waals surface area contributed by atoms with E-state index in [0.717, 1.165) is 0 Å². The van der Waals surface area contributed by atoms with Crippen molar-refractivity contribution in [3.8, 4) is 11.1 Å². The summed E-state index contributed by atoms with van der Waals surface area (Å²) in [6.07, 6.45) is 13.8. The van der Waals surface area contributed by atoms with Crippen LogP contribution in [-0.2, 0) is 17.1 Å². The zero-order chi connectivity index (χ0) is 28.1. The molecule has 3 aromatic rings. The Hall–Kier alpha value is -1.43. The van der Waals surface area contributed by atoms with Gasteiger partial charge in [-0.2, -0.15) is 0 Å². The van der Waals surface area contributed by atoms with Crippen molar-refractivity contribution in [2.75, 3.05) is 0 Å². The zero-order valence-electron chi connectivity index (χ0n) is 25.8. The molecule has 0 aliphatic heterocycles. The molecule has 3 heteroatoms. The van der Waals surface area contributed by atoms with E-state index in [2.05, 4.69) is 132 Å². The van der Waals surface area contributed by atoms with Crippen molar-refractivity contribution in [2.45, 2.75) is 95.5 Å². The van der Waals surface area contributed by atoms with Gasteiger partial charge in [-0.1, -0.05) is 0 Å². The third-order valence-corrected chi connectivity index (χ3v) is 35.7. The van der Waals surface area contributed by atoms with Gasteiger partial charge in [-0.05, 0) is 0 Å². The Labute approximate surface area is 244 Å². The molecule has 0 fully saturated rings. The Kier molecular flexibility index (Phi) is 8.03. The number of benzene rings is 3. The molecule has 2 aliphatic carbocycles. The van der Waals surface area contributed by atoms with Crippen LogP contribution < -0.4 is 0 Å². The molecule has 2 atom stereocenters. The van der Waals surface area contributed by atoms with Crippen LogP contribution in [0.1, 0.15) is 54.8 Å². The van der Waals surface area contributed by atoms with Gasteiger partial charge in [0.1, 0.15) is 0 Å². The molecule has 5 rings (SSSR count). The molecular formula is C36H50NbSi2. The fourth-order valence-corrected chi connectivity index (χ4v) is 38.5. The molecule has 0 radical (unpaired) electrons. The fourth-order valence-electron chi connectivity index (χ4n) is 7.74. The molecule has 0 bridgehead atoms. The number of hydrogen-bond donors (Lipinski definition) is 0. The van der Waals surface area contributed by atoms with Crippen LogP contribution in [0.25, 0.3) is 21.9 Å². The van der Waals surface area contributed by atoms with Crippen LogP contribution in [-0.4, -0.2) is 16.1 Å². The molecule has 0 N–H and O–H groups in total. The van der Waals surface area contributed by atoms with Crippen molar-refractivity contribution in [3.63, 3.8) is 0 Å². The van der Waals surface area contributed by atoms with Crippen LogP contribution in [0.2, 0.25) is 51.8 Å². The van der Waals surface area contributed by atoms with E-state index < -0.39 is 33.3 Å². The summed E-state index contributed by atoms with van der Waals surface area (Å²) in [4.78, 5) is 0. The number of unbranched alkanes of at least 4 members (excludes halogenated alkanes) is 2. The molecule has 3 aromatic carbocycles. The minimum absolute atomic E-state index is 0.330. The van der Waals surface area contributed by atoms with Crippen molar-refractivity contribution in [1.29, 1.82) is 0 Å². The molecule has 2 unspecified atom stereocenters. The van der Waals surface area contributed by atoms with E-state index in [4.69, 9.17) is 0 Å². The summed E-state index contributed by atoms with van der Waals surface area (Å²) >= 11 is -3.02. The van der Waals surface area contributed by atoms with Crippen LogP contribution >= 0.6 is 0 Å². The van der Waals surface area contributed by atoms with Gasteiger partial charge >= 0.3 is 246 Å². The molecule has 207 valence electrons. The summed E-state index contributed by atoms with van der Waals surface area (Å²) < 4.78 is 3.93. The molecule has 0 amide bonds. The second-order valence-electron chi connectivity index (χ2n) is 14.2. The van der Waals surface area contributed by atoms with E-state index in [1.165, 1.54) is 51.3 Å². The van der Waals surface area contributed by atoms with E-state index in [0.29, 0.717) is 7.39 Å². The molecule has 2 aliphatic rings. The van der Waals surface area contributed by atoms with E-state index >= 15 is 0 Å². The summed E-state index contributed by atoms with van der Waals surface area (Å²) in [5, 5.41) is 4.56. The Bertz CT molecular complexity index is 1410. The standard InChI is InChI=1S/C17H11.C11H21Si2.2C4H9.Nb/c1-3-7-15-12(5-1)9-10-14-11-13-6-2-4-8-16(13)17(14)15;1-12(2,3)10-7-8-11(9-10)13(4,5)6;2*1-3-4-2;/h1-11H;7-9H,1-6H3;2*1,3-4H2,2H3;. The number of allylic oxidation sites excluding steroid dienone is 4. The second kappa shape index (κ2) is 10.8. The summed E-state index contributed by atoms with van der Waals surface area (Å²) in [7, 11) is -3.07. The topological polar surface area (TPSA) is 0 Å². The first-order valence-electron chi connectivity index (χ1n) is 15.4. The van der Waals surface area contributed by atoms with Gasteiger partial charge in [0.15, 0.2) is 0 Å². The normalized spacial score (nSPS) is 20.8. The Morgan fingerprint density at radius 3 is 2.00 bits per heavy atom. The molecule has 0 saturated carbocycles. The first-order chi connectivity index (χ1) is 18.5. The minimum atomic E-state index is -3.02. The van der Waals surface area contributed by atoms with Gasteiger partial charge < -0.3 is 0 Å². The zero-order valence-corrected chi connectivity index (χ0v) is 30.0. The summed E-state index contributed by atoms with van der Waals surface area (Å²) in [6, 6.07) is 23.8. The molecule has 39 heavy (non-hydrogen) atoms. The average molecular weight is 632 g/mol. The molecular weight excluding hydrogens is 581 g/mol. The van der Waals surface area contributed by atoms with Gasteiger partial charge in [-0.3, -0.25) is 0 Å². The van der Waals surface area contributed by atoms with Crippen LogP contribution in [0.15, 0.2) is 84.1 Å².